The summed E-state index contributed by atoms with van der Waals surface area (Å²) in [5, 5.41) is 15.7. The van der Waals surface area contributed by atoms with Crippen molar-refractivity contribution in [2.24, 2.45) is 0 Å². The maximum atomic E-state index is 12.5. The predicted molar refractivity (Wildman–Crippen MR) is 97.0 cm³/mol. The van der Waals surface area contributed by atoms with Crippen molar-refractivity contribution >= 4 is 16.7 Å². The van der Waals surface area contributed by atoms with Gasteiger partial charge in [0.25, 0.3) is 5.89 Å². The summed E-state index contributed by atoms with van der Waals surface area (Å²) < 4.78 is 10.6. The zero-order valence-corrected chi connectivity index (χ0v) is 14.4. The number of rotatable bonds is 4. The number of hydrogen-bond donors (Lipinski definition) is 1. The molecule has 2 heterocycles. The molecule has 0 amide bonds. The monoisotopic (exact) mass is 361 g/mol. The topological polar surface area (TPSA) is 98.3 Å². The molecular weight excluding hydrogens is 346 g/mol. The van der Waals surface area contributed by atoms with Gasteiger partial charge in [-0.2, -0.15) is 4.98 Å². The molecule has 2 aromatic heterocycles. The molecule has 0 saturated carbocycles. The van der Waals surface area contributed by atoms with Crippen molar-refractivity contribution < 1.29 is 19.2 Å². The molecule has 0 radical (unpaired) electrons. The van der Waals surface area contributed by atoms with Gasteiger partial charge < -0.3 is 14.4 Å². The van der Waals surface area contributed by atoms with Gasteiger partial charge in [0.1, 0.15) is 11.3 Å². The molecule has 1 N–H and O–H groups in total. The Morgan fingerprint density at radius 3 is 2.81 bits per heavy atom. The number of carbonyl (C=O) groups excluding carboxylic acids is 1. The smallest absolute Gasteiger partial charge is 0.342 e. The van der Waals surface area contributed by atoms with Crippen LogP contribution in [0.15, 0.2) is 65.4 Å². The molecule has 0 aliphatic heterocycles. The van der Waals surface area contributed by atoms with Gasteiger partial charge in [0, 0.05) is 23.3 Å². The average Bonchev–Trinajstić information content (AvgIpc) is 3.19. The van der Waals surface area contributed by atoms with Crippen LogP contribution >= 0.6 is 0 Å². The molecule has 0 aliphatic carbocycles. The number of ether oxygens (including phenoxy) is 1. The number of aromatic hydroxyl groups is 1. The Hall–Kier alpha value is -3.74. The second kappa shape index (κ2) is 6.87. The SMILES string of the molecule is CC(OC(=O)c1ccc2ccccc2c1O)c1nc(-c2cccnc2)no1. The third-order valence-corrected chi connectivity index (χ3v) is 4.11. The van der Waals surface area contributed by atoms with E-state index in [2.05, 4.69) is 15.1 Å². The average molecular weight is 361 g/mol. The highest BCUT2D eigenvalue weighted by atomic mass is 16.6. The van der Waals surface area contributed by atoms with Crippen LogP contribution in [0.5, 0.6) is 5.75 Å². The van der Waals surface area contributed by atoms with Crippen LogP contribution in [0.25, 0.3) is 22.2 Å². The van der Waals surface area contributed by atoms with Gasteiger partial charge in [-0.25, -0.2) is 4.79 Å². The molecule has 134 valence electrons. The van der Waals surface area contributed by atoms with Crippen LogP contribution in [0.3, 0.4) is 0 Å². The van der Waals surface area contributed by atoms with Crippen molar-refractivity contribution in [3.63, 3.8) is 0 Å². The van der Waals surface area contributed by atoms with E-state index < -0.39 is 12.1 Å². The van der Waals surface area contributed by atoms with Crippen molar-refractivity contribution in [1.29, 1.82) is 0 Å². The van der Waals surface area contributed by atoms with E-state index in [1.165, 1.54) is 6.07 Å². The van der Waals surface area contributed by atoms with Crippen molar-refractivity contribution in [2.75, 3.05) is 0 Å². The number of phenols is 1. The van der Waals surface area contributed by atoms with Crippen LogP contribution in [-0.4, -0.2) is 26.2 Å². The molecule has 7 nitrogen and oxygen atoms in total. The Bertz CT molecular complexity index is 1110. The molecule has 0 aliphatic rings. The van der Waals surface area contributed by atoms with Gasteiger partial charge >= 0.3 is 5.97 Å². The van der Waals surface area contributed by atoms with E-state index in [4.69, 9.17) is 9.26 Å². The van der Waals surface area contributed by atoms with Crippen LogP contribution in [0.4, 0.5) is 0 Å². The standard InChI is InChI=1S/C20H15N3O4/c1-12(19-22-18(23-27-19)14-6-4-10-21-11-14)26-20(25)16-9-8-13-5-2-3-7-15(13)17(16)24/h2-12,24H,1H3. The van der Waals surface area contributed by atoms with E-state index in [1.54, 1.807) is 49.6 Å². The molecule has 0 bridgehead atoms. The summed E-state index contributed by atoms with van der Waals surface area (Å²) in [6.45, 7) is 1.62. The Balaban J connectivity index is 1.55. The minimum atomic E-state index is -0.777. The summed E-state index contributed by atoms with van der Waals surface area (Å²) in [5.74, 6) is -0.282. The number of benzene rings is 2. The number of carbonyl (C=O) groups is 1. The minimum absolute atomic E-state index is 0.0764. The molecular formula is C20H15N3O4. The van der Waals surface area contributed by atoms with E-state index in [9.17, 15) is 9.90 Å². The second-order valence-corrected chi connectivity index (χ2v) is 5.93. The maximum Gasteiger partial charge on any atom is 0.342 e. The Morgan fingerprint density at radius 1 is 1.15 bits per heavy atom. The lowest BCUT2D eigenvalue weighted by Crippen LogP contribution is -2.10. The highest BCUT2D eigenvalue weighted by Crippen LogP contribution is 2.30. The number of pyridine rings is 1. The van der Waals surface area contributed by atoms with Crippen molar-refractivity contribution in [1.82, 2.24) is 15.1 Å². The van der Waals surface area contributed by atoms with Crippen LogP contribution in [0, 0.1) is 0 Å². The highest BCUT2D eigenvalue weighted by molar-refractivity contribution is 6.01. The summed E-state index contributed by atoms with van der Waals surface area (Å²) in [5.41, 5.74) is 0.769. The van der Waals surface area contributed by atoms with Crippen molar-refractivity contribution in [3.05, 3.63) is 72.4 Å². The minimum Gasteiger partial charge on any atom is -0.506 e. The molecule has 4 aromatic rings. The van der Waals surface area contributed by atoms with Gasteiger partial charge in [-0.05, 0) is 30.5 Å². The molecule has 0 spiro atoms. The van der Waals surface area contributed by atoms with Gasteiger partial charge in [0.15, 0.2) is 6.10 Å². The number of nitrogens with zero attached hydrogens (tertiary/aromatic N) is 3. The fraction of sp³-hybridized carbons (Fsp3) is 0.100. The molecule has 0 fully saturated rings. The first-order chi connectivity index (χ1) is 13.1. The Kier molecular flexibility index (Phi) is 4.25. The quantitative estimate of drug-likeness (QED) is 0.550. The normalized spacial score (nSPS) is 12.0. The molecule has 7 heteroatoms. The molecule has 2 aromatic carbocycles. The Morgan fingerprint density at radius 2 is 2.00 bits per heavy atom. The largest absolute Gasteiger partial charge is 0.506 e. The van der Waals surface area contributed by atoms with E-state index in [-0.39, 0.29) is 17.2 Å². The van der Waals surface area contributed by atoms with E-state index in [1.807, 2.05) is 12.1 Å². The number of fused-ring (bicyclic) bond motifs is 1. The maximum absolute atomic E-state index is 12.5. The van der Waals surface area contributed by atoms with Gasteiger partial charge in [-0.15, -0.1) is 0 Å². The number of esters is 1. The zero-order valence-electron chi connectivity index (χ0n) is 14.4. The third kappa shape index (κ3) is 3.22. The first-order valence-corrected chi connectivity index (χ1v) is 8.29. The first-order valence-electron chi connectivity index (χ1n) is 8.29. The van der Waals surface area contributed by atoms with Gasteiger partial charge in [0.05, 0.1) is 0 Å². The summed E-state index contributed by atoms with van der Waals surface area (Å²) in [7, 11) is 0. The van der Waals surface area contributed by atoms with Crippen LogP contribution in [-0.2, 0) is 4.74 Å². The lowest BCUT2D eigenvalue weighted by atomic mass is 10.1. The highest BCUT2D eigenvalue weighted by Gasteiger charge is 2.22. The Labute approximate surface area is 154 Å². The third-order valence-electron chi connectivity index (χ3n) is 4.11. The molecule has 0 saturated heterocycles. The van der Waals surface area contributed by atoms with Crippen molar-refractivity contribution in [2.45, 2.75) is 13.0 Å². The fourth-order valence-corrected chi connectivity index (χ4v) is 2.71. The number of hydrogen-bond acceptors (Lipinski definition) is 7. The van der Waals surface area contributed by atoms with Crippen LogP contribution < -0.4 is 0 Å². The molecule has 1 unspecified atom stereocenters. The molecule has 1 atom stereocenters. The number of aromatic nitrogens is 3. The fourth-order valence-electron chi connectivity index (χ4n) is 2.71. The molecule has 27 heavy (non-hydrogen) atoms. The summed E-state index contributed by atoms with van der Waals surface area (Å²) >= 11 is 0. The van der Waals surface area contributed by atoms with E-state index in [0.29, 0.717) is 16.8 Å². The van der Waals surface area contributed by atoms with Gasteiger partial charge in [-0.3, -0.25) is 4.98 Å². The first kappa shape index (κ1) is 16.7. The van der Waals surface area contributed by atoms with Crippen LogP contribution in [0.1, 0.15) is 29.3 Å². The van der Waals surface area contributed by atoms with Gasteiger partial charge in [-0.1, -0.05) is 35.5 Å². The zero-order chi connectivity index (χ0) is 18.8. The summed E-state index contributed by atoms with van der Waals surface area (Å²) in [4.78, 5) is 20.7. The molecule has 4 rings (SSSR count). The lowest BCUT2D eigenvalue weighted by Gasteiger charge is -2.11. The van der Waals surface area contributed by atoms with E-state index >= 15 is 0 Å². The number of phenolic OH excluding ortho intramolecular Hbond substituents is 1. The van der Waals surface area contributed by atoms with Gasteiger partial charge in [0.2, 0.25) is 5.82 Å². The van der Waals surface area contributed by atoms with E-state index in [0.717, 1.165) is 5.39 Å². The predicted octanol–water partition coefficient (Wildman–Crippen LogP) is 3.91. The lowest BCUT2D eigenvalue weighted by molar-refractivity contribution is 0.0262. The second-order valence-electron chi connectivity index (χ2n) is 5.93. The summed E-state index contributed by atoms with van der Waals surface area (Å²) in [6.07, 6.45) is 2.48. The van der Waals surface area contributed by atoms with Crippen molar-refractivity contribution in [3.8, 4) is 17.1 Å². The van der Waals surface area contributed by atoms with Crippen LogP contribution in [0.2, 0.25) is 0 Å². The summed E-state index contributed by atoms with van der Waals surface area (Å²) in [6, 6.07) is 14.1.